The van der Waals surface area contributed by atoms with Crippen molar-refractivity contribution < 1.29 is 22.5 Å². The summed E-state index contributed by atoms with van der Waals surface area (Å²) in [4.78, 5) is 11.6. The number of aromatic nitrogens is 3. The molecular formula is C14H17N3O5S. The normalized spacial score (nSPS) is 14.3. The Balaban J connectivity index is 2.36. The number of carboxylic acids is 1. The van der Waals surface area contributed by atoms with E-state index in [-0.39, 0.29) is 12.1 Å². The zero-order valence-electron chi connectivity index (χ0n) is 12.7. The molecule has 1 N–H and O–H groups in total. The summed E-state index contributed by atoms with van der Waals surface area (Å²) < 4.78 is 29.2. The lowest BCUT2D eigenvalue weighted by atomic mass is 9.97. The Hall–Kier alpha value is -2.26. The molecule has 2 rings (SSSR count). The van der Waals surface area contributed by atoms with Crippen molar-refractivity contribution in [3.63, 3.8) is 0 Å². The number of hydrogen-bond acceptors (Lipinski definition) is 6. The molecule has 1 atom stereocenters. The van der Waals surface area contributed by atoms with Crippen molar-refractivity contribution in [1.29, 1.82) is 0 Å². The molecule has 1 aromatic heterocycles. The Morgan fingerprint density at radius 2 is 2.00 bits per heavy atom. The summed E-state index contributed by atoms with van der Waals surface area (Å²) in [6, 6.07) is 9.39. The number of rotatable bonds is 7. The molecule has 0 saturated carbocycles. The molecule has 1 unspecified atom stereocenters. The Kier molecular flexibility index (Phi) is 4.81. The molecule has 8 nitrogen and oxygen atoms in total. The Bertz CT molecular complexity index is 788. The van der Waals surface area contributed by atoms with Crippen LogP contribution in [0.25, 0.3) is 0 Å². The zero-order valence-corrected chi connectivity index (χ0v) is 13.5. The molecule has 0 bridgehead atoms. The number of benzene rings is 1. The van der Waals surface area contributed by atoms with Crippen LogP contribution in [-0.2, 0) is 31.2 Å². The largest absolute Gasteiger partial charge is 0.479 e. The van der Waals surface area contributed by atoms with Crippen LogP contribution in [0.4, 0.5) is 0 Å². The van der Waals surface area contributed by atoms with Gasteiger partial charge in [-0.05, 0) is 12.0 Å². The highest BCUT2D eigenvalue weighted by Gasteiger charge is 2.46. The number of carbonyl (C=O) groups is 1. The Morgan fingerprint density at radius 3 is 2.52 bits per heavy atom. The molecular weight excluding hydrogens is 322 g/mol. The molecule has 23 heavy (non-hydrogen) atoms. The van der Waals surface area contributed by atoms with E-state index in [0.29, 0.717) is 6.54 Å². The van der Waals surface area contributed by atoms with Gasteiger partial charge in [-0.15, -0.1) is 5.10 Å². The minimum absolute atomic E-state index is 0.0612. The molecule has 2 aromatic rings. The highest BCUT2D eigenvalue weighted by Crippen LogP contribution is 2.30. The van der Waals surface area contributed by atoms with Crippen LogP contribution >= 0.6 is 0 Å². The molecule has 0 spiro atoms. The van der Waals surface area contributed by atoms with Gasteiger partial charge in [0.1, 0.15) is 5.69 Å². The van der Waals surface area contributed by atoms with E-state index >= 15 is 0 Å². The highest BCUT2D eigenvalue weighted by molar-refractivity contribution is 7.86. The minimum Gasteiger partial charge on any atom is -0.479 e. The Labute approximate surface area is 133 Å². The van der Waals surface area contributed by atoms with E-state index < -0.39 is 21.7 Å². The minimum atomic E-state index is -3.99. The van der Waals surface area contributed by atoms with Crippen LogP contribution in [0.2, 0.25) is 0 Å². The second-order valence-electron chi connectivity index (χ2n) is 5.06. The van der Waals surface area contributed by atoms with Crippen molar-refractivity contribution in [2.24, 2.45) is 0 Å². The topological polar surface area (TPSA) is 111 Å². The van der Waals surface area contributed by atoms with E-state index in [1.165, 1.54) is 17.8 Å². The van der Waals surface area contributed by atoms with Crippen molar-refractivity contribution in [3.05, 3.63) is 47.8 Å². The molecule has 0 amide bonds. The molecule has 9 heteroatoms. The Morgan fingerprint density at radius 1 is 1.35 bits per heavy atom. The second kappa shape index (κ2) is 6.47. The van der Waals surface area contributed by atoms with Crippen molar-refractivity contribution in [1.82, 2.24) is 15.0 Å². The van der Waals surface area contributed by atoms with Gasteiger partial charge in [-0.1, -0.05) is 42.5 Å². The first-order valence-corrected chi connectivity index (χ1v) is 8.67. The van der Waals surface area contributed by atoms with Crippen molar-refractivity contribution in [3.8, 4) is 0 Å². The van der Waals surface area contributed by atoms with Gasteiger partial charge in [0.25, 0.3) is 10.1 Å². The maximum Gasteiger partial charge on any atom is 0.344 e. The average Bonchev–Trinajstić information content (AvgIpc) is 2.93. The summed E-state index contributed by atoms with van der Waals surface area (Å²) in [5.41, 5.74) is -1.19. The fourth-order valence-corrected chi connectivity index (χ4v) is 2.96. The van der Waals surface area contributed by atoms with Crippen LogP contribution in [0.5, 0.6) is 0 Å². The third-order valence-corrected chi connectivity index (χ3v) is 3.86. The zero-order chi connectivity index (χ0) is 17.1. The predicted molar refractivity (Wildman–Crippen MR) is 81.1 cm³/mol. The summed E-state index contributed by atoms with van der Waals surface area (Å²) in [7, 11) is -3.99. The average molecular weight is 339 g/mol. The first kappa shape index (κ1) is 17.1. The summed E-state index contributed by atoms with van der Waals surface area (Å²) in [6.07, 6.45) is 2.07. The first-order valence-electron chi connectivity index (χ1n) is 6.85. The van der Waals surface area contributed by atoms with Crippen LogP contribution < -0.4 is 0 Å². The van der Waals surface area contributed by atoms with Gasteiger partial charge in [0.15, 0.2) is 0 Å². The molecule has 124 valence electrons. The van der Waals surface area contributed by atoms with Gasteiger partial charge in [0.05, 0.1) is 19.0 Å². The number of aliphatic carboxylic acids is 1. The van der Waals surface area contributed by atoms with E-state index in [1.807, 2.05) is 30.3 Å². The molecule has 1 aromatic carbocycles. The van der Waals surface area contributed by atoms with E-state index in [1.54, 1.807) is 0 Å². The molecule has 1 heterocycles. The predicted octanol–water partition coefficient (Wildman–Crippen LogP) is 0.992. The standard InChI is InChI=1S/C14H17N3O5S/c1-3-14(13(18)19,22-23(2,20)21)12-10-17(16-15-12)9-11-7-5-4-6-8-11/h4-8,10H,3,9H2,1-2H3,(H,18,19). The first-order chi connectivity index (χ1) is 10.8. The smallest absolute Gasteiger partial charge is 0.344 e. The van der Waals surface area contributed by atoms with Gasteiger partial charge in [-0.3, -0.25) is 0 Å². The summed E-state index contributed by atoms with van der Waals surface area (Å²) in [5, 5.41) is 17.1. The summed E-state index contributed by atoms with van der Waals surface area (Å²) in [5.74, 6) is -1.43. The monoisotopic (exact) mass is 339 g/mol. The number of nitrogens with zero attached hydrogens (tertiary/aromatic N) is 3. The maximum absolute atomic E-state index is 11.6. The van der Waals surface area contributed by atoms with Crippen LogP contribution in [0.1, 0.15) is 24.6 Å². The quantitative estimate of drug-likeness (QED) is 0.749. The van der Waals surface area contributed by atoms with Crippen LogP contribution in [0.3, 0.4) is 0 Å². The molecule has 0 radical (unpaired) electrons. The fraction of sp³-hybridized carbons (Fsp3) is 0.357. The van der Waals surface area contributed by atoms with Gasteiger partial charge in [0.2, 0.25) is 5.60 Å². The van der Waals surface area contributed by atoms with Crippen molar-refractivity contribution >= 4 is 16.1 Å². The van der Waals surface area contributed by atoms with Crippen LogP contribution in [0, 0.1) is 0 Å². The fourth-order valence-electron chi connectivity index (χ4n) is 2.17. The van der Waals surface area contributed by atoms with Gasteiger partial charge >= 0.3 is 5.97 Å². The highest BCUT2D eigenvalue weighted by atomic mass is 32.2. The molecule has 0 aliphatic carbocycles. The van der Waals surface area contributed by atoms with E-state index in [0.717, 1.165) is 11.8 Å². The SMILES string of the molecule is CCC(OS(C)(=O)=O)(C(=O)O)c1cn(Cc2ccccc2)nn1. The summed E-state index contributed by atoms with van der Waals surface area (Å²) >= 11 is 0. The lowest BCUT2D eigenvalue weighted by Crippen LogP contribution is -2.40. The molecule has 0 aliphatic heterocycles. The lowest BCUT2D eigenvalue weighted by molar-refractivity contribution is -0.156. The number of hydrogen-bond donors (Lipinski definition) is 1. The molecule has 0 aliphatic rings. The third-order valence-electron chi connectivity index (χ3n) is 3.28. The van der Waals surface area contributed by atoms with Gasteiger partial charge < -0.3 is 5.11 Å². The lowest BCUT2D eigenvalue weighted by Gasteiger charge is -2.24. The van der Waals surface area contributed by atoms with Gasteiger partial charge in [-0.25, -0.2) is 13.7 Å². The van der Waals surface area contributed by atoms with Crippen molar-refractivity contribution in [2.45, 2.75) is 25.5 Å². The third kappa shape index (κ3) is 3.93. The molecule has 0 saturated heterocycles. The van der Waals surface area contributed by atoms with Gasteiger partial charge in [-0.2, -0.15) is 8.42 Å². The van der Waals surface area contributed by atoms with E-state index in [9.17, 15) is 18.3 Å². The summed E-state index contributed by atoms with van der Waals surface area (Å²) in [6.45, 7) is 1.89. The maximum atomic E-state index is 11.6. The second-order valence-corrected chi connectivity index (χ2v) is 6.64. The molecule has 0 fully saturated rings. The van der Waals surface area contributed by atoms with Crippen LogP contribution in [0.15, 0.2) is 36.5 Å². The van der Waals surface area contributed by atoms with Crippen molar-refractivity contribution in [2.75, 3.05) is 6.26 Å². The van der Waals surface area contributed by atoms with E-state index in [4.69, 9.17) is 4.18 Å². The van der Waals surface area contributed by atoms with Gasteiger partial charge in [0, 0.05) is 0 Å². The van der Waals surface area contributed by atoms with E-state index in [2.05, 4.69) is 10.3 Å². The van der Waals surface area contributed by atoms with Crippen LogP contribution in [-0.4, -0.2) is 40.7 Å². The number of carboxylic acid groups (broad SMARTS) is 1.